The zero-order chi connectivity index (χ0) is 21.6. The van der Waals surface area contributed by atoms with Crippen LogP contribution in [0, 0.1) is 6.92 Å². The SMILES string of the molecule is CCC(=NN=C(C)c1cnn(C)c1)OCc1c(C)cccc1N(N)C(=O)N(C)N. The van der Waals surface area contributed by atoms with Gasteiger partial charge in [-0.1, -0.05) is 19.1 Å². The molecule has 10 nitrogen and oxygen atoms in total. The van der Waals surface area contributed by atoms with Gasteiger partial charge in [-0.2, -0.15) is 10.2 Å². The highest BCUT2D eigenvalue weighted by molar-refractivity contribution is 5.98. The van der Waals surface area contributed by atoms with E-state index in [0.29, 0.717) is 18.0 Å². The number of aromatic nitrogens is 2. The van der Waals surface area contributed by atoms with Crippen LogP contribution in [-0.2, 0) is 18.4 Å². The first-order valence-electron chi connectivity index (χ1n) is 9.13. The normalized spacial score (nSPS) is 12.1. The third-order valence-electron chi connectivity index (χ3n) is 4.27. The van der Waals surface area contributed by atoms with Crippen LogP contribution in [0.2, 0.25) is 0 Å². The summed E-state index contributed by atoms with van der Waals surface area (Å²) < 4.78 is 7.57. The van der Waals surface area contributed by atoms with E-state index in [9.17, 15) is 4.79 Å². The molecular weight excluding hydrogens is 372 g/mol. The summed E-state index contributed by atoms with van der Waals surface area (Å²) in [5.74, 6) is 11.9. The van der Waals surface area contributed by atoms with E-state index in [1.54, 1.807) is 16.9 Å². The van der Waals surface area contributed by atoms with Crippen molar-refractivity contribution < 1.29 is 9.53 Å². The number of urea groups is 1. The smallest absolute Gasteiger partial charge is 0.352 e. The molecule has 1 aromatic heterocycles. The summed E-state index contributed by atoms with van der Waals surface area (Å²) in [6, 6.07) is 4.92. The Bertz CT molecular complexity index is 917. The molecule has 1 aromatic carbocycles. The van der Waals surface area contributed by atoms with E-state index >= 15 is 0 Å². The molecule has 0 aliphatic carbocycles. The van der Waals surface area contributed by atoms with Gasteiger partial charge in [0, 0.05) is 37.8 Å². The Morgan fingerprint density at radius 1 is 1.31 bits per heavy atom. The standard InChI is InChI=1S/C19H28N8O2/c1-6-18(24-23-14(3)15-10-22-25(4)11-15)29-12-16-13(2)8-7-9-17(16)27(21)19(28)26(5)20/h7-11H,6,12,20-21H2,1-5H3. The van der Waals surface area contributed by atoms with Gasteiger partial charge in [0.05, 0.1) is 17.6 Å². The maximum Gasteiger partial charge on any atom is 0.352 e. The van der Waals surface area contributed by atoms with E-state index in [0.717, 1.165) is 32.4 Å². The van der Waals surface area contributed by atoms with Crippen LogP contribution in [0.4, 0.5) is 10.5 Å². The predicted molar refractivity (Wildman–Crippen MR) is 113 cm³/mol. The maximum atomic E-state index is 12.1. The molecule has 1 heterocycles. The van der Waals surface area contributed by atoms with Crippen LogP contribution < -0.4 is 16.7 Å². The number of aryl methyl sites for hydroxylation is 2. The summed E-state index contributed by atoms with van der Waals surface area (Å²) in [7, 11) is 3.27. The van der Waals surface area contributed by atoms with Gasteiger partial charge in [0.2, 0.25) is 5.90 Å². The van der Waals surface area contributed by atoms with Gasteiger partial charge in [-0.15, -0.1) is 5.10 Å². The number of nitrogens with zero attached hydrogens (tertiary/aromatic N) is 6. The second-order valence-corrected chi connectivity index (χ2v) is 6.56. The molecular formula is C19H28N8O2. The third-order valence-corrected chi connectivity index (χ3v) is 4.27. The molecule has 0 unspecified atom stereocenters. The number of anilines is 1. The van der Waals surface area contributed by atoms with Crippen LogP contribution in [0.3, 0.4) is 0 Å². The van der Waals surface area contributed by atoms with Crippen LogP contribution in [-0.4, -0.2) is 39.5 Å². The highest BCUT2D eigenvalue weighted by atomic mass is 16.5. The molecule has 0 bridgehead atoms. The van der Waals surface area contributed by atoms with Gasteiger partial charge < -0.3 is 4.74 Å². The Hall–Kier alpha value is -3.24. The first-order chi connectivity index (χ1) is 13.7. The highest BCUT2D eigenvalue weighted by Crippen LogP contribution is 2.23. The minimum absolute atomic E-state index is 0.186. The van der Waals surface area contributed by atoms with E-state index in [1.807, 2.05) is 46.1 Å². The van der Waals surface area contributed by atoms with Crippen LogP contribution >= 0.6 is 0 Å². The predicted octanol–water partition coefficient (Wildman–Crippen LogP) is 2.08. The molecule has 0 atom stereocenters. The zero-order valence-corrected chi connectivity index (χ0v) is 17.5. The Kier molecular flexibility index (Phi) is 7.46. The number of hydrazine groups is 2. The van der Waals surface area contributed by atoms with Crippen molar-refractivity contribution in [3.8, 4) is 0 Å². The first kappa shape index (κ1) is 22.1. The quantitative estimate of drug-likeness (QED) is 0.252. The lowest BCUT2D eigenvalue weighted by Crippen LogP contribution is -2.49. The molecule has 2 amide bonds. The minimum Gasteiger partial charge on any atom is -0.475 e. The van der Waals surface area contributed by atoms with E-state index in [-0.39, 0.29) is 6.61 Å². The molecule has 29 heavy (non-hydrogen) atoms. The van der Waals surface area contributed by atoms with Gasteiger partial charge >= 0.3 is 6.03 Å². The molecule has 10 heteroatoms. The van der Waals surface area contributed by atoms with E-state index in [2.05, 4.69) is 15.3 Å². The second-order valence-electron chi connectivity index (χ2n) is 6.56. The second kappa shape index (κ2) is 9.80. The number of nitrogens with two attached hydrogens (primary N) is 2. The summed E-state index contributed by atoms with van der Waals surface area (Å²) in [6.07, 6.45) is 4.14. The molecule has 2 aromatic rings. The molecule has 0 fully saturated rings. The molecule has 4 N–H and O–H groups in total. The summed E-state index contributed by atoms with van der Waals surface area (Å²) in [5, 5.41) is 14.5. The van der Waals surface area contributed by atoms with Crippen molar-refractivity contribution >= 4 is 23.3 Å². The molecule has 0 aliphatic rings. The van der Waals surface area contributed by atoms with Crippen LogP contribution in [0.15, 0.2) is 40.8 Å². The van der Waals surface area contributed by atoms with Gasteiger partial charge in [-0.3, -0.25) is 9.69 Å². The van der Waals surface area contributed by atoms with Crippen LogP contribution in [0.1, 0.15) is 37.0 Å². The summed E-state index contributed by atoms with van der Waals surface area (Å²) >= 11 is 0. The Labute approximate surface area is 170 Å². The lowest BCUT2D eigenvalue weighted by Gasteiger charge is -2.24. The number of carbonyl (C=O) groups excluding carboxylic acids is 1. The number of benzene rings is 1. The molecule has 0 saturated heterocycles. The monoisotopic (exact) mass is 400 g/mol. The van der Waals surface area contributed by atoms with Crippen molar-refractivity contribution in [3.63, 3.8) is 0 Å². The number of ether oxygens (including phenoxy) is 1. The molecule has 0 radical (unpaired) electrons. The third kappa shape index (κ3) is 5.62. The van der Waals surface area contributed by atoms with E-state index in [1.165, 1.54) is 7.05 Å². The Balaban J connectivity index is 2.20. The summed E-state index contributed by atoms with van der Waals surface area (Å²) in [6.45, 7) is 5.88. The summed E-state index contributed by atoms with van der Waals surface area (Å²) in [4.78, 5) is 12.1. The minimum atomic E-state index is -0.544. The van der Waals surface area contributed by atoms with Crippen molar-refractivity contribution in [3.05, 3.63) is 47.3 Å². The number of rotatable bonds is 6. The van der Waals surface area contributed by atoms with Crippen molar-refractivity contribution in [1.29, 1.82) is 0 Å². The fourth-order valence-electron chi connectivity index (χ4n) is 2.53. The number of hydrogen-bond donors (Lipinski definition) is 2. The number of carbonyl (C=O) groups is 1. The fourth-order valence-corrected chi connectivity index (χ4v) is 2.53. The van der Waals surface area contributed by atoms with Gasteiger partial charge in [-0.25, -0.2) is 21.5 Å². The van der Waals surface area contributed by atoms with Crippen molar-refractivity contribution in [2.45, 2.75) is 33.8 Å². The largest absolute Gasteiger partial charge is 0.475 e. The lowest BCUT2D eigenvalue weighted by atomic mass is 10.1. The van der Waals surface area contributed by atoms with Crippen molar-refractivity contribution in [2.75, 3.05) is 12.1 Å². The lowest BCUT2D eigenvalue weighted by molar-refractivity contribution is 0.216. The van der Waals surface area contributed by atoms with E-state index < -0.39 is 6.03 Å². The molecule has 0 aliphatic heterocycles. The molecule has 156 valence electrons. The summed E-state index contributed by atoms with van der Waals surface area (Å²) in [5.41, 5.74) is 3.82. The highest BCUT2D eigenvalue weighted by Gasteiger charge is 2.19. The Morgan fingerprint density at radius 3 is 2.62 bits per heavy atom. The number of amides is 2. The van der Waals surface area contributed by atoms with Gasteiger partial charge in [0.15, 0.2) is 0 Å². The number of hydrogen-bond acceptors (Lipinski definition) is 7. The van der Waals surface area contributed by atoms with E-state index in [4.69, 9.17) is 16.4 Å². The zero-order valence-electron chi connectivity index (χ0n) is 17.5. The average molecular weight is 400 g/mol. The maximum absolute atomic E-state index is 12.1. The fraction of sp³-hybridized carbons (Fsp3) is 0.368. The van der Waals surface area contributed by atoms with Crippen LogP contribution in [0.25, 0.3) is 0 Å². The van der Waals surface area contributed by atoms with Gasteiger partial charge in [0.1, 0.15) is 6.61 Å². The van der Waals surface area contributed by atoms with Crippen molar-refractivity contribution in [1.82, 2.24) is 14.8 Å². The van der Waals surface area contributed by atoms with Gasteiger partial charge in [-0.05, 0) is 25.5 Å². The van der Waals surface area contributed by atoms with Crippen LogP contribution in [0.5, 0.6) is 0 Å². The first-order valence-corrected chi connectivity index (χ1v) is 9.13. The average Bonchev–Trinajstić information content (AvgIpc) is 3.13. The molecule has 2 rings (SSSR count). The topological polar surface area (TPSA) is 127 Å². The van der Waals surface area contributed by atoms with Crippen molar-refractivity contribution in [2.24, 2.45) is 28.9 Å². The molecule has 0 saturated carbocycles. The molecule has 0 spiro atoms. The van der Waals surface area contributed by atoms with Gasteiger partial charge in [0.25, 0.3) is 0 Å². The Morgan fingerprint density at radius 2 is 2.03 bits per heavy atom.